The van der Waals surface area contributed by atoms with Crippen LogP contribution in [0.25, 0.3) is 0 Å². The van der Waals surface area contributed by atoms with E-state index in [1.165, 1.54) is 0 Å². The van der Waals surface area contributed by atoms with Gasteiger partial charge in [0.2, 0.25) is 17.7 Å². The summed E-state index contributed by atoms with van der Waals surface area (Å²) >= 11 is 0. The number of nitrogens with one attached hydrogen (secondary N) is 2. The molecule has 0 spiro atoms. The fourth-order valence-electron chi connectivity index (χ4n) is 3.41. The zero-order chi connectivity index (χ0) is 20.1. The molecule has 2 N–H and O–H groups in total. The Balaban J connectivity index is 1.50. The van der Waals surface area contributed by atoms with Crippen molar-refractivity contribution in [2.24, 2.45) is 5.92 Å². The Bertz CT molecular complexity index is 860. The van der Waals surface area contributed by atoms with E-state index in [-0.39, 0.29) is 30.7 Å². The van der Waals surface area contributed by atoms with Crippen molar-refractivity contribution in [3.63, 3.8) is 0 Å². The maximum absolute atomic E-state index is 12.4. The van der Waals surface area contributed by atoms with Gasteiger partial charge in [0.05, 0.1) is 12.5 Å². The molecular formula is C22H25N3O3. The van der Waals surface area contributed by atoms with E-state index >= 15 is 0 Å². The highest BCUT2D eigenvalue weighted by Gasteiger charge is 2.34. The zero-order valence-corrected chi connectivity index (χ0v) is 16.2. The minimum atomic E-state index is -0.427. The van der Waals surface area contributed by atoms with Crippen molar-refractivity contribution >= 4 is 23.4 Å². The molecule has 1 atom stereocenters. The molecule has 1 saturated heterocycles. The van der Waals surface area contributed by atoms with Crippen molar-refractivity contribution in [1.29, 1.82) is 0 Å². The number of nitrogens with zero attached hydrogens (tertiary/aromatic N) is 1. The molecule has 146 valence electrons. The molecule has 1 heterocycles. The van der Waals surface area contributed by atoms with Crippen LogP contribution < -0.4 is 10.6 Å². The van der Waals surface area contributed by atoms with Crippen LogP contribution in [0.15, 0.2) is 48.5 Å². The van der Waals surface area contributed by atoms with Crippen LogP contribution in [0, 0.1) is 19.8 Å². The largest absolute Gasteiger partial charge is 0.347 e. The quantitative estimate of drug-likeness (QED) is 0.809. The molecule has 2 aromatic rings. The van der Waals surface area contributed by atoms with Gasteiger partial charge in [-0.05, 0) is 30.5 Å². The van der Waals surface area contributed by atoms with E-state index in [9.17, 15) is 14.4 Å². The van der Waals surface area contributed by atoms with Crippen molar-refractivity contribution in [1.82, 2.24) is 10.2 Å². The van der Waals surface area contributed by atoms with Crippen molar-refractivity contribution in [3.05, 3.63) is 65.2 Å². The first kappa shape index (κ1) is 19.6. The Morgan fingerprint density at radius 3 is 2.39 bits per heavy atom. The van der Waals surface area contributed by atoms with Gasteiger partial charge in [-0.25, -0.2) is 0 Å². The summed E-state index contributed by atoms with van der Waals surface area (Å²) in [5, 5.41) is 5.50. The molecule has 6 heteroatoms. The summed E-state index contributed by atoms with van der Waals surface area (Å²) in [5.41, 5.74) is 3.74. The molecule has 0 aromatic heterocycles. The number of para-hydroxylation sites is 1. The Kier molecular flexibility index (Phi) is 6.09. The lowest BCUT2D eigenvalue weighted by Gasteiger charge is -2.17. The van der Waals surface area contributed by atoms with Crippen LogP contribution in [-0.4, -0.2) is 35.7 Å². The summed E-state index contributed by atoms with van der Waals surface area (Å²) < 4.78 is 0. The van der Waals surface area contributed by atoms with E-state index in [1.54, 1.807) is 4.90 Å². The van der Waals surface area contributed by atoms with Crippen LogP contribution in [0.4, 0.5) is 5.69 Å². The molecule has 3 rings (SSSR count). The second-order valence-electron chi connectivity index (χ2n) is 7.19. The lowest BCUT2D eigenvalue weighted by molar-refractivity contribution is -0.129. The van der Waals surface area contributed by atoms with Gasteiger partial charge in [-0.15, -0.1) is 0 Å². The summed E-state index contributed by atoms with van der Waals surface area (Å²) in [5.74, 6) is -1.01. The predicted octanol–water partition coefficient (Wildman–Crippen LogP) is 2.41. The highest BCUT2D eigenvalue weighted by molar-refractivity contribution is 5.97. The van der Waals surface area contributed by atoms with Crippen molar-refractivity contribution in [3.8, 4) is 0 Å². The molecule has 1 aliphatic heterocycles. The second-order valence-corrected chi connectivity index (χ2v) is 7.19. The van der Waals surface area contributed by atoms with E-state index in [0.717, 1.165) is 22.4 Å². The van der Waals surface area contributed by atoms with Gasteiger partial charge in [0.15, 0.2) is 0 Å². The third-order valence-corrected chi connectivity index (χ3v) is 4.97. The molecule has 0 radical (unpaired) electrons. The molecule has 28 heavy (non-hydrogen) atoms. The van der Waals surface area contributed by atoms with Crippen LogP contribution in [0.5, 0.6) is 0 Å². The van der Waals surface area contributed by atoms with Crippen molar-refractivity contribution < 1.29 is 14.4 Å². The van der Waals surface area contributed by atoms with Crippen LogP contribution in [0.3, 0.4) is 0 Å². The first-order chi connectivity index (χ1) is 13.4. The molecular weight excluding hydrogens is 354 g/mol. The number of likely N-dealkylation sites (tertiary alicyclic amines) is 1. The van der Waals surface area contributed by atoms with Crippen LogP contribution in [-0.2, 0) is 20.9 Å². The topological polar surface area (TPSA) is 78.5 Å². The SMILES string of the molecule is Cc1cccc(C)c1NC(=O)CNC(=O)[C@H]1CC(=O)N(Cc2ccccc2)C1. The van der Waals surface area contributed by atoms with Gasteiger partial charge in [0.25, 0.3) is 0 Å². The summed E-state index contributed by atoms with van der Waals surface area (Å²) in [6.07, 6.45) is 0.178. The number of carbonyl (C=O) groups excluding carboxylic acids is 3. The third kappa shape index (κ3) is 4.76. The summed E-state index contributed by atoms with van der Waals surface area (Å²) in [7, 11) is 0. The van der Waals surface area contributed by atoms with Crippen LogP contribution >= 0.6 is 0 Å². The second kappa shape index (κ2) is 8.69. The zero-order valence-electron chi connectivity index (χ0n) is 16.2. The highest BCUT2D eigenvalue weighted by Crippen LogP contribution is 2.21. The molecule has 0 saturated carbocycles. The minimum absolute atomic E-state index is 0.0380. The maximum Gasteiger partial charge on any atom is 0.243 e. The fourth-order valence-corrected chi connectivity index (χ4v) is 3.41. The highest BCUT2D eigenvalue weighted by atomic mass is 16.2. The summed E-state index contributed by atoms with van der Waals surface area (Å²) in [6.45, 7) is 4.60. The molecule has 2 aromatic carbocycles. The van der Waals surface area contributed by atoms with Gasteiger partial charge in [0, 0.05) is 25.2 Å². The first-order valence-electron chi connectivity index (χ1n) is 9.39. The lowest BCUT2D eigenvalue weighted by atomic mass is 10.1. The number of hydrogen-bond acceptors (Lipinski definition) is 3. The Labute approximate surface area is 164 Å². The Morgan fingerprint density at radius 2 is 1.71 bits per heavy atom. The van der Waals surface area contributed by atoms with E-state index in [4.69, 9.17) is 0 Å². The normalized spacial score (nSPS) is 16.1. The van der Waals surface area contributed by atoms with Gasteiger partial charge in [-0.2, -0.15) is 0 Å². The van der Waals surface area contributed by atoms with E-state index in [1.807, 2.05) is 62.4 Å². The van der Waals surface area contributed by atoms with E-state index in [2.05, 4.69) is 10.6 Å². The van der Waals surface area contributed by atoms with Crippen molar-refractivity contribution in [2.75, 3.05) is 18.4 Å². The van der Waals surface area contributed by atoms with Crippen molar-refractivity contribution in [2.45, 2.75) is 26.8 Å². The number of hydrogen-bond donors (Lipinski definition) is 2. The maximum atomic E-state index is 12.4. The van der Waals surface area contributed by atoms with Gasteiger partial charge >= 0.3 is 0 Å². The van der Waals surface area contributed by atoms with E-state index < -0.39 is 5.92 Å². The number of aryl methyl sites for hydroxylation is 2. The number of amides is 3. The number of carbonyl (C=O) groups is 3. The molecule has 0 bridgehead atoms. The first-order valence-corrected chi connectivity index (χ1v) is 9.39. The lowest BCUT2D eigenvalue weighted by Crippen LogP contribution is -2.38. The Hall–Kier alpha value is -3.15. The fraction of sp³-hybridized carbons (Fsp3) is 0.318. The predicted molar refractivity (Wildman–Crippen MR) is 108 cm³/mol. The molecule has 6 nitrogen and oxygen atoms in total. The van der Waals surface area contributed by atoms with E-state index in [0.29, 0.717) is 13.1 Å². The molecule has 0 aliphatic carbocycles. The monoisotopic (exact) mass is 379 g/mol. The summed E-state index contributed by atoms with van der Waals surface area (Å²) in [4.78, 5) is 38.5. The van der Waals surface area contributed by atoms with Gasteiger partial charge in [-0.3, -0.25) is 14.4 Å². The Morgan fingerprint density at radius 1 is 1.04 bits per heavy atom. The molecule has 1 aliphatic rings. The molecule has 1 fully saturated rings. The average molecular weight is 379 g/mol. The molecule has 3 amide bonds. The number of benzene rings is 2. The third-order valence-electron chi connectivity index (χ3n) is 4.97. The van der Waals surface area contributed by atoms with Crippen LogP contribution in [0.1, 0.15) is 23.1 Å². The average Bonchev–Trinajstić information content (AvgIpc) is 3.04. The number of anilines is 1. The summed E-state index contributed by atoms with van der Waals surface area (Å²) in [6, 6.07) is 15.5. The van der Waals surface area contributed by atoms with Crippen LogP contribution in [0.2, 0.25) is 0 Å². The van der Waals surface area contributed by atoms with Gasteiger partial charge < -0.3 is 15.5 Å². The molecule has 0 unspecified atom stereocenters. The van der Waals surface area contributed by atoms with Gasteiger partial charge in [-0.1, -0.05) is 48.5 Å². The number of rotatable bonds is 6. The van der Waals surface area contributed by atoms with Gasteiger partial charge in [0.1, 0.15) is 0 Å². The standard InChI is InChI=1S/C22H25N3O3/c1-15-7-6-8-16(2)21(15)24-19(26)12-23-22(28)18-11-20(27)25(14-18)13-17-9-4-3-5-10-17/h3-10,18H,11-14H2,1-2H3,(H,23,28)(H,24,26)/t18-/m0/s1. The smallest absolute Gasteiger partial charge is 0.243 e. The minimum Gasteiger partial charge on any atom is -0.347 e.